The molecular formula is C14H16N2O6S. The van der Waals surface area contributed by atoms with E-state index in [9.17, 15) is 18.0 Å². The zero-order valence-corrected chi connectivity index (χ0v) is 13.3. The molecule has 2 amide bonds. The number of nitrogens with zero attached hydrogens (tertiary/aromatic N) is 1. The first-order chi connectivity index (χ1) is 10.8. The third-order valence-corrected chi connectivity index (χ3v) is 4.29. The summed E-state index contributed by atoms with van der Waals surface area (Å²) in [5, 5.41) is 0. The Hall–Kier alpha value is -2.29. The standard InChI is InChI=1S/C14H16N2O6S/c1-23(19,20)15-13(17)10-3-2-6-16(10)14(18)9-4-5-11-12(7-9)22-8-21-11/h4-5,7,10H,2-3,6,8H2,1H3,(H,15,17)/t10-/m1/s1. The van der Waals surface area contributed by atoms with Gasteiger partial charge in [0.05, 0.1) is 6.26 Å². The number of hydrogen-bond acceptors (Lipinski definition) is 6. The monoisotopic (exact) mass is 340 g/mol. The fourth-order valence-corrected chi connectivity index (χ4v) is 3.23. The van der Waals surface area contributed by atoms with Gasteiger partial charge >= 0.3 is 0 Å². The van der Waals surface area contributed by atoms with Gasteiger partial charge in [-0.1, -0.05) is 0 Å². The van der Waals surface area contributed by atoms with Gasteiger partial charge in [-0.3, -0.25) is 14.3 Å². The van der Waals surface area contributed by atoms with Gasteiger partial charge in [-0.25, -0.2) is 8.42 Å². The van der Waals surface area contributed by atoms with Crippen molar-refractivity contribution in [2.75, 3.05) is 19.6 Å². The second kappa shape index (κ2) is 5.73. The quantitative estimate of drug-likeness (QED) is 0.837. The topological polar surface area (TPSA) is 102 Å². The van der Waals surface area contributed by atoms with E-state index in [1.165, 1.54) is 4.90 Å². The molecule has 0 aromatic heterocycles. The molecule has 2 aliphatic heterocycles. The third-order valence-electron chi connectivity index (χ3n) is 3.72. The number of nitrogens with one attached hydrogen (secondary N) is 1. The van der Waals surface area contributed by atoms with Crippen molar-refractivity contribution >= 4 is 21.8 Å². The summed E-state index contributed by atoms with van der Waals surface area (Å²) >= 11 is 0. The number of likely N-dealkylation sites (tertiary alicyclic amines) is 1. The number of hydrogen-bond donors (Lipinski definition) is 1. The van der Waals surface area contributed by atoms with Gasteiger partial charge in [0.15, 0.2) is 11.5 Å². The van der Waals surface area contributed by atoms with Crippen LogP contribution in [0.15, 0.2) is 18.2 Å². The lowest BCUT2D eigenvalue weighted by Crippen LogP contribution is -2.47. The molecule has 3 rings (SSSR count). The van der Waals surface area contributed by atoms with Crippen molar-refractivity contribution in [3.05, 3.63) is 23.8 Å². The van der Waals surface area contributed by atoms with E-state index in [1.807, 2.05) is 4.72 Å². The Labute approximate surface area is 133 Å². The highest BCUT2D eigenvalue weighted by molar-refractivity contribution is 7.89. The summed E-state index contributed by atoms with van der Waals surface area (Å²) in [5.74, 6) is 0.0232. The van der Waals surface area contributed by atoms with Crippen molar-refractivity contribution in [2.45, 2.75) is 18.9 Å². The molecule has 1 saturated heterocycles. The smallest absolute Gasteiger partial charge is 0.256 e. The van der Waals surface area contributed by atoms with Crippen molar-refractivity contribution in [2.24, 2.45) is 0 Å². The molecule has 2 heterocycles. The summed E-state index contributed by atoms with van der Waals surface area (Å²) < 4.78 is 34.8. The van der Waals surface area contributed by atoms with E-state index >= 15 is 0 Å². The highest BCUT2D eigenvalue weighted by atomic mass is 32.2. The Kier molecular flexibility index (Phi) is 3.88. The molecule has 8 nitrogen and oxygen atoms in total. The molecule has 1 fully saturated rings. The number of amides is 2. The van der Waals surface area contributed by atoms with Gasteiger partial charge in [-0.2, -0.15) is 0 Å². The van der Waals surface area contributed by atoms with Gasteiger partial charge < -0.3 is 14.4 Å². The van der Waals surface area contributed by atoms with Crippen LogP contribution >= 0.6 is 0 Å². The van der Waals surface area contributed by atoms with E-state index in [0.717, 1.165) is 6.26 Å². The highest BCUT2D eigenvalue weighted by Crippen LogP contribution is 2.33. The highest BCUT2D eigenvalue weighted by Gasteiger charge is 2.36. The molecule has 0 aliphatic carbocycles. The summed E-state index contributed by atoms with van der Waals surface area (Å²) in [6.45, 7) is 0.505. The van der Waals surface area contributed by atoms with E-state index in [0.29, 0.717) is 36.4 Å². The number of carbonyl (C=O) groups excluding carboxylic acids is 2. The minimum Gasteiger partial charge on any atom is -0.454 e. The molecule has 0 saturated carbocycles. The molecule has 2 aliphatic rings. The largest absolute Gasteiger partial charge is 0.454 e. The van der Waals surface area contributed by atoms with Crippen LogP contribution in [0.5, 0.6) is 11.5 Å². The molecule has 0 bridgehead atoms. The van der Waals surface area contributed by atoms with Crippen molar-refractivity contribution in [3.8, 4) is 11.5 Å². The first-order valence-corrected chi connectivity index (χ1v) is 8.96. The summed E-state index contributed by atoms with van der Waals surface area (Å²) in [6.07, 6.45) is 1.97. The molecular weight excluding hydrogens is 324 g/mol. The van der Waals surface area contributed by atoms with E-state index in [4.69, 9.17) is 9.47 Å². The predicted molar refractivity (Wildman–Crippen MR) is 79.6 cm³/mol. The zero-order valence-electron chi connectivity index (χ0n) is 12.4. The third kappa shape index (κ3) is 3.24. The summed E-state index contributed by atoms with van der Waals surface area (Å²) in [5.41, 5.74) is 0.369. The number of benzene rings is 1. The summed E-state index contributed by atoms with van der Waals surface area (Å²) in [7, 11) is -3.66. The van der Waals surface area contributed by atoms with Gasteiger partial charge in [0.1, 0.15) is 6.04 Å². The maximum atomic E-state index is 12.6. The summed E-state index contributed by atoms with van der Waals surface area (Å²) in [6, 6.07) is 4.01. The Morgan fingerprint density at radius 3 is 2.74 bits per heavy atom. The molecule has 1 N–H and O–H groups in total. The molecule has 23 heavy (non-hydrogen) atoms. The molecule has 124 valence electrons. The van der Waals surface area contributed by atoms with E-state index in [2.05, 4.69) is 0 Å². The van der Waals surface area contributed by atoms with Crippen LogP contribution in [0.25, 0.3) is 0 Å². The maximum Gasteiger partial charge on any atom is 0.256 e. The molecule has 0 spiro atoms. The molecule has 0 radical (unpaired) electrons. The van der Waals surface area contributed by atoms with Gasteiger partial charge in [0, 0.05) is 12.1 Å². The lowest BCUT2D eigenvalue weighted by atomic mass is 10.1. The molecule has 1 aromatic rings. The van der Waals surface area contributed by atoms with Crippen LogP contribution < -0.4 is 14.2 Å². The molecule has 1 atom stereocenters. The fraction of sp³-hybridized carbons (Fsp3) is 0.429. The van der Waals surface area contributed by atoms with Crippen LogP contribution in [0.2, 0.25) is 0 Å². The van der Waals surface area contributed by atoms with Gasteiger partial charge in [0.2, 0.25) is 16.8 Å². The van der Waals surface area contributed by atoms with E-state index in [-0.39, 0.29) is 12.7 Å². The van der Waals surface area contributed by atoms with Crippen molar-refractivity contribution < 1.29 is 27.5 Å². The SMILES string of the molecule is CS(=O)(=O)NC(=O)[C@H]1CCCN1C(=O)c1ccc2c(c1)OCO2. The first-order valence-electron chi connectivity index (χ1n) is 7.07. The second-order valence-corrected chi connectivity index (χ2v) is 7.21. The Balaban J connectivity index is 1.79. The average molecular weight is 340 g/mol. The van der Waals surface area contributed by atoms with Crippen molar-refractivity contribution in [1.29, 1.82) is 0 Å². The molecule has 0 unspecified atom stereocenters. The molecule has 1 aromatic carbocycles. The minimum atomic E-state index is -3.66. The number of sulfonamides is 1. The zero-order chi connectivity index (χ0) is 16.6. The molecule has 9 heteroatoms. The van der Waals surface area contributed by atoms with Crippen LogP contribution in [0.4, 0.5) is 0 Å². The maximum absolute atomic E-state index is 12.6. The van der Waals surface area contributed by atoms with Crippen LogP contribution in [0.3, 0.4) is 0 Å². The second-order valence-electron chi connectivity index (χ2n) is 5.46. The Morgan fingerprint density at radius 2 is 2.00 bits per heavy atom. The number of carbonyl (C=O) groups is 2. The average Bonchev–Trinajstić information content (AvgIpc) is 3.12. The van der Waals surface area contributed by atoms with Crippen LogP contribution in [0.1, 0.15) is 23.2 Å². The lowest BCUT2D eigenvalue weighted by molar-refractivity contribution is -0.123. The van der Waals surface area contributed by atoms with Gasteiger partial charge in [0.25, 0.3) is 11.8 Å². The summed E-state index contributed by atoms with van der Waals surface area (Å²) in [4.78, 5) is 26.1. The van der Waals surface area contributed by atoms with Crippen LogP contribution in [-0.2, 0) is 14.8 Å². The number of rotatable bonds is 3. The van der Waals surface area contributed by atoms with Crippen LogP contribution in [0, 0.1) is 0 Å². The Bertz CT molecular complexity index is 761. The first kappa shape index (κ1) is 15.6. The normalized spacial score (nSPS) is 19.7. The van der Waals surface area contributed by atoms with Crippen LogP contribution in [-0.4, -0.2) is 50.8 Å². The fourth-order valence-electron chi connectivity index (χ4n) is 2.73. The van der Waals surface area contributed by atoms with Gasteiger partial charge in [-0.05, 0) is 31.0 Å². The Morgan fingerprint density at radius 1 is 1.26 bits per heavy atom. The minimum absolute atomic E-state index is 0.107. The van der Waals surface area contributed by atoms with Gasteiger partial charge in [-0.15, -0.1) is 0 Å². The van der Waals surface area contributed by atoms with Crippen molar-refractivity contribution in [1.82, 2.24) is 9.62 Å². The lowest BCUT2D eigenvalue weighted by Gasteiger charge is -2.23. The predicted octanol–water partition coefficient (Wildman–Crippen LogP) is 0.0957. The number of ether oxygens (including phenoxy) is 2. The van der Waals surface area contributed by atoms with E-state index in [1.54, 1.807) is 18.2 Å². The van der Waals surface area contributed by atoms with Crippen molar-refractivity contribution in [3.63, 3.8) is 0 Å². The van der Waals surface area contributed by atoms with E-state index < -0.39 is 22.0 Å². The number of fused-ring (bicyclic) bond motifs is 1.